The van der Waals surface area contributed by atoms with E-state index in [9.17, 15) is 9.59 Å². The Morgan fingerprint density at radius 2 is 2.30 bits per heavy atom. The van der Waals surface area contributed by atoms with Gasteiger partial charge in [0.25, 0.3) is 0 Å². The third-order valence-electron chi connectivity index (χ3n) is 2.95. The van der Waals surface area contributed by atoms with Crippen LogP contribution in [0, 0.1) is 0 Å². The maximum absolute atomic E-state index is 12.0. The van der Waals surface area contributed by atoms with Crippen LogP contribution in [-0.2, 0) is 9.53 Å². The van der Waals surface area contributed by atoms with Crippen LogP contribution in [0.2, 0.25) is 0 Å². The molecule has 1 fully saturated rings. The summed E-state index contributed by atoms with van der Waals surface area (Å²) in [4.78, 5) is 23.2. The van der Waals surface area contributed by atoms with Gasteiger partial charge in [-0.05, 0) is 18.2 Å². The molecule has 1 heterocycles. The minimum absolute atomic E-state index is 0.0190. The van der Waals surface area contributed by atoms with Crippen LogP contribution in [0.3, 0.4) is 0 Å². The zero-order chi connectivity index (χ0) is 14.5. The largest absolute Gasteiger partial charge is 0.497 e. The first-order chi connectivity index (χ1) is 9.61. The molecule has 20 heavy (non-hydrogen) atoms. The molecule has 1 aliphatic rings. The Morgan fingerprint density at radius 1 is 1.50 bits per heavy atom. The van der Waals surface area contributed by atoms with Crippen molar-refractivity contribution in [2.24, 2.45) is 0 Å². The number of nitrogens with one attached hydrogen (secondary N) is 2. The average molecular weight is 280 g/mol. The molecule has 7 nitrogen and oxygen atoms in total. The highest BCUT2D eigenvalue weighted by Crippen LogP contribution is 2.22. The van der Waals surface area contributed by atoms with Gasteiger partial charge in [0.2, 0.25) is 5.91 Å². The molecule has 1 aromatic rings. The Labute approximate surface area is 115 Å². The molecular weight excluding hydrogens is 264 g/mol. The number of carbonyl (C=O) groups is 2. The topological polar surface area (TPSA) is 96.9 Å². The van der Waals surface area contributed by atoms with Gasteiger partial charge in [0.1, 0.15) is 11.8 Å². The van der Waals surface area contributed by atoms with Gasteiger partial charge < -0.3 is 25.2 Å². The summed E-state index contributed by atoms with van der Waals surface area (Å²) in [6, 6.07) is 3.98. The molecule has 0 aromatic heterocycles. The first-order valence-corrected chi connectivity index (χ1v) is 6.15. The number of aromatic carboxylic acids is 1. The molecule has 1 amide bonds. The van der Waals surface area contributed by atoms with Crippen LogP contribution in [0.1, 0.15) is 10.4 Å². The number of morpholine rings is 1. The van der Waals surface area contributed by atoms with E-state index in [0.717, 1.165) is 0 Å². The van der Waals surface area contributed by atoms with E-state index in [1.54, 1.807) is 6.07 Å². The van der Waals surface area contributed by atoms with Crippen molar-refractivity contribution in [3.8, 4) is 5.75 Å². The summed E-state index contributed by atoms with van der Waals surface area (Å²) in [6.45, 7) is 1.42. The fourth-order valence-electron chi connectivity index (χ4n) is 1.89. The molecule has 108 valence electrons. The summed E-state index contributed by atoms with van der Waals surface area (Å²) in [5, 5.41) is 14.8. The summed E-state index contributed by atoms with van der Waals surface area (Å²) in [7, 11) is 1.45. The Kier molecular flexibility index (Phi) is 4.54. The molecule has 0 spiro atoms. The molecule has 0 aliphatic carbocycles. The van der Waals surface area contributed by atoms with Crippen molar-refractivity contribution in [2.45, 2.75) is 6.04 Å². The van der Waals surface area contributed by atoms with Gasteiger partial charge in [-0.1, -0.05) is 0 Å². The van der Waals surface area contributed by atoms with E-state index in [0.29, 0.717) is 18.9 Å². The second kappa shape index (κ2) is 6.36. The highest BCUT2D eigenvalue weighted by Gasteiger charge is 2.23. The maximum atomic E-state index is 12.0. The predicted molar refractivity (Wildman–Crippen MR) is 71.2 cm³/mol. The van der Waals surface area contributed by atoms with Gasteiger partial charge in [-0.25, -0.2) is 4.79 Å². The molecule has 0 bridgehead atoms. The predicted octanol–water partition coefficient (Wildman–Crippen LogP) is 0.320. The highest BCUT2D eigenvalue weighted by molar-refractivity contribution is 6.02. The number of carboxylic acids is 1. The van der Waals surface area contributed by atoms with Gasteiger partial charge in [-0.3, -0.25) is 4.79 Å². The normalized spacial score (nSPS) is 18.4. The molecule has 1 atom stereocenters. The van der Waals surface area contributed by atoms with E-state index in [-0.39, 0.29) is 23.8 Å². The Balaban J connectivity index is 2.15. The van der Waals surface area contributed by atoms with Crippen molar-refractivity contribution in [3.05, 3.63) is 23.8 Å². The molecule has 0 saturated carbocycles. The molecule has 2 rings (SSSR count). The van der Waals surface area contributed by atoms with E-state index in [4.69, 9.17) is 14.6 Å². The number of benzene rings is 1. The second-order valence-electron chi connectivity index (χ2n) is 4.29. The fraction of sp³-hybridized carbons (Fsp3) is 0.385. The summed E-state index contributed by atoms with van der Waals surface area (Å²) < 4.78 is 10.2. The minimum Gasteiger partial charge on any atom is -0.497 e. The van der Waals surface area contributed by atoms with Crippen molar-refractivity contribution in [1.29, 1.82) is 0 Å². The molecule has 7 heteroatoms. The van der Waals surface area contributed by atoms with Crippen LogP contribution in [0.4, 0.5) is 5.69 Å². The average Bonchev–Trinajstić information content (AvgIpc) is 2.48. The number of hydrogen-bond donors (Lipinski definition) is 3. The van der Waals surface area contributed by atoms with Crippen molar-refractivity contribution in [1.82, 2.24) is 5.32 Å². The quantitative estimate of drug-likeness (QED) is 0.735. The number of amides is 1. The lowest BCUT2D eigenvalue weighted by molar-refractivity contribution is -0.120. The van der Waals surface area contributed by atoms with Gasteiger partial charge in [0, 0.05) is 6.54 Å². The van der Waals surface area contributed by atoms with E-state index < -0.39 is 12.0 Å². The van der Waals surface area contributed by atoms with Crippen LogP contribution >= 0.6 is 0 Å². The lowest BCUT2D eigenvalue weighted by Gasteiger charge is -2.23. The Morgan fingerprint density at radius 3 is 2.90 bits per heavy atom. The number of hydrogen-bond acceptors (Lipinski definition) is 5. The standard InChI is InChI=1S/C13H16N2O5/c1-19-8-2-3-10(9(6-8)13(17)18)15-12(16)11-7-20-5-4-14-11/h2-3,6,11,14H,4-5,7H2,1H3,(H,15,16)(H,17,18). The van der Waals surface area contributed by atoms with Crippen molar-refractivity contribution < 1.29 is 24.2 Å². The number of ether oxygens (including phenoxy) is 2. The van der Waals surface area contributed by atoms with E-state index >= 15 is 0 Å². The van der Waals surface area contributed by atoms with E-state index in [1.807, 2.05) is 0 Å². The van der Waals surface area contributed by atoms with Crippen LogP contribution in [0.5, 0.6) is 5.75 Å². The van der Waals surface area contributed by atoms with Gasteiger partial charge in [0.05, 0.1) is 31.6 Å². The van der Waals surface area contributed by atoms with Crippen LogP contribution in [0.25, 0.3) is 0 Å². The molecule has 1 unspecified atom stereocenters. The molecule has 3 N–H and O–H groups in total. The lowest BCUT2D eigenvalue weighted by atomic mass is 10.1. The summed E-state index contributed by atoms with van der Waals surface area (Å²) in [5.74, 6) is -1.04. The third-order valence-corrected chi connectivity index (χ3v) is 2.95. The fourth-order valence-corrected chi connectivity index (χ4v) is 1.89. The molecule has 1 aromatic carbocycles. The Bertz CT molecular complexity index is 511. The minimum atomic E-state index is -1.13. The molecular formula is C13H16N2O5. The van der Waals surface area contributed by atoms with Gasteiger partial charge >= 0.3 is 5.97 Å². The lowest BCUT2D eigenvalue weighted by Crippen LogP contribution is -2.49. The van der Waals surface area contributed by atoms with Gasteiger partial charge in [-0.15, -0.1) is 0 Å². The number of methoxy groups -OCH3 is 1. The van der Waals surface area contributed by atoms with Crippen LogP contribution in [0.15, 0.2) is 18.2 Å². The number of anilines is 1. The van der Waals surface area contributed by atoms with Gasteiger partial charge in [-0.2, -0.15) is 0 Å². The van der Waals surface area contributed by atoms with E-state index in [1.165, 1.54) is 19.2 Å². The maximum Gasteiger partial charge on any atom is 0.337 e. The molecule has 0 radical (unpaired) electrons. The van der Waals surface area contributed by atoms with Crippen molar-refractivity contribution >= 4 is 17.6 Å². The zero-order valence-corrected chi connectivity index (χ0v) is 11.0. The van der Waals surface area contributed by atoms with E-state index in [2.05, 4.69) is 10.6 Å². The molecule has 1 aliphatic heterocycles. The van der Waals surface area contributed by atoms with Crippen molar-refractivity contribution in [2.75, 3.05) is 32.2 Å². The highest BCUT2D eigenvalue weighted by atomic mass is 16.5. The Hall–Kier alpha value is -2.12. The number of rotatable bonds is 4. The summed E-state index contributed by atoms with van der Waals surface area (Å²) in [6.07, 6.45) is 0. The number of carboxylic acid groups (broad SMARTS) is 1. The van der Waals surface area contributed by atoms with Crippen LogP contribution in [-0.4, -0.2) is 49.9 Å². The van der Waals surface area contributed by atoms with Crippen LogP contribution < -0.4 is 15.4 Å². The summed E-state index contributed by atoms with van der Waals surface area (Å²) in [5.41, 5.74) is 0.213. The number of carbonyl (C=O) groups excluding carboxylic acids is 1. The molecule has 1 saturated heterocycles. The third kappa shape index (κ3) is 3.25. The SMILES string of the molecule is COc1ccc(NC(=O)C2COCCN2)c(C(=O)O)c1. The first kappa shape index (κ1) is 14.3. The summed E-state index contributed by atoms with van der Waals surface area (Å²) >= 11 is 0. The monoisotopic (exact) mass is 280 g/mol. The zero-order valence-electron chi connectivity index (χ0n) is 11.0. The smallest absolute Gasteiger partial charge is 0.337 e. The van der Waals surface area contributed by atoms with Gasteiger partial charge in [0.15, 0.2) is 0 Å². The first-order valence-electron chi connectivity index (χ1n) is 6.15. The van der Waals surface area contributed by atoms with Crippen molar-refractivity contribution in [3.63, 3.8) is 0 Å². The second-order valence-corrected chi connectivity index (χ2v) is 4.29.